The van der Waals surface area contributed by atoms with Crippen molar-refractivity contribution in [2.45, 2.75) is 6.54 Å². The number of nitrogens with two attached hydrogens (primary N) is 1. The number of aromatic nitrogens is 2. The zero-order valence-corrected chi connectivity index (χ0v) is 11.3. The smallest absolute Gasteiger partial charge is 0.331 e. The molecule has 0 atom stereocenters. The molecule has 0 saturated heterocycles. The maximum absolute atomic E-state index is 11.9. The molecule has 1 heterocycles. The molecule has 0 spiro atoms. The zero-order valence-electron chi connectivity index (χ0n) is 9.76. The van der Waals surface area contributed by atoms with E-state index in [1.165, 1.54) is 10.8 Å². The maximum atomic E-state index is 11.9. The predicted octanol–water partition coefficient (Wildman–Crippen LogP) is 0.940. The summed E-state index contributed by atoms with van der Waals surface area (Å²) >= 11 is 3.33. The summed E-state index contributed by atoms with van der Waals surface area (Å²) in [6.45, 7) is 0.212. The Kier molecular flexibility index (Phi) is 3.38. The molecule has 1 aromatic carbocycles. The SMILES string of the molecule is Cn1cc(N)c(=O)n(Cc2ccc(Br)cc2)c1=O. The van der Waals surface area contributed by atoms with Crippen molar-refractivity contribution in [3.63, 3.8) is 0 Å². The van der Waals surface area contributed by atoms with E-state index in [1.54, 1.807) is 7.05 Å². The second kappa shape index (κ2) is 4.81. The van der Waals surface area contributed by atoms with Crippen LogP contribution in [0.4, 0.5) is 5.69 Å². The summed E-state index contributed by atoms with van der Waals surface area (Å²) in [6, 6.07) is 7.41. The summed E-state index contributed by atoms with van der Waals surface area (Å²) in [5.74, 6) is 0. The highest BCUT2D eigenvalue weighted by molar-refractivity contribution is 9.10. The summed E-state index contributed by atoms with van der Waals surface area (Å²) in [6.07, 6.45) is 1.34. The third-order valence-electron chi connectivity index (χ3n) is 2.61. The van der Waals surface area contributed by atoms with Crippen molar-refractivity contribution in [2.24, 2.45) is 7.05 Å². The van der Waals surface area contributed by atoms with E-state index >= 15 is 0 Å². The molecule has 2 rings (SSSR count). The van der Waals surface area contributed by atoms with Gasteiger partial charge in [0.1, 0.15) is 5.69 Å². The van der Waals surface area contributed by atoms with Crippen LogP contribution in [0.15, 0.2) is 44.5 Å². The molecule has 1 aromatic heterocycles. The number of aryl methyl sites for hydroxylation is 1. The van der Waals surface area contributed by atoms with Crippen LogP contribution in [-0.4, -0.2) is 9.13 Å². The molecule has 0 radical (unpaired) electrons. The molecule has 0 aliphatic carbocycles. The summed E-state index contributed by atoms with van der Waals surface area (Å²) < 4.78 is 3.37. The van der Waals surface area contributed by atoms with Crippen LogP contribution >= 0.6 is 15.9 Å². The Labute approximate surface area is 112 Å². The van der Waals surface area contributed by atoms with E-state index < -0.39 is 5.56 Å². The first-order chi connectivity index (χ1) is 8.49. The van der Waals surface area contributed by atoms with Crippen LogP contribution in [0.5, 0.6) is 0 Å². The first-order valence-electron chi connectivity index (χ1n) is 5.29. The number of anilines is 1. The van der Waals surface area contributed by atoms with Crippen molar-refractivity contribution in [1.82, 2.24) is 9.13 Å². The van der Waals surface area contributed by atoms with Gasteiger partial charge in [-0.3, -0.25) is 9.36 Å². The minimum Gasteiger partial charge on any atom is -0.393 e. The number of rotatable bonds is 2. The Hall–Kier alpha value is -1.82. The minimum atomic E-state index is -0.457. The molecule has 0 bridgehead atoms. The number of nitrogens with zero attached hydrogens (tertiary/aromatic N) is 2. The first kappa shape index (κ1) is 12.6. The fourth-order valence-electron chi connectivity index (χ4n) is 1.66. The van der Waals surface area contributed by atoms with Gasteiger partial charge in [0, 0.05) is 17.7 Å². The van der Waals surface area contributed by atoms with E-state index in [9.17, 15) is 9.59 Å². The average molecular weight is 310 g/mol. The van der Waals surface area contributed by atoms with E-state index in [0.717, 1.165) is 14.6 Å². The molecular weight excluding hydrogens is 298 g/mol. The largest absolute Gasteiger partial charge is 0.393 e. The molecule has 18 heavy (non-hydrogen) atoms. The van der Waals surface area contributed by atoms with E-state index in [-0.39, 0.29) is 17.9 Å². The van der Waals surface area contributed by atoms with Gasteiger partial charge in [0.15, 0.2) is 0 Å². The van der Waals surface area contributed by atoms with Gasteiger partial charge in [0.25, 0.3) is 5.56 Å². The molecule has 94 valence electrons. The van der Waals surface area contributed by atoms with Crippen molar-refractivity contribution in [3.05, 3.63) is 61.3 Å². The fourth-order valence-corrected chi connectivity index (χ4v) is 1.93. The van der Waals surface area contributed by atoms with Gasteiger partial charge in [0.05, 0.1) is 6.54 Å². The van der Waals surface area contributed by atoms with Crippen molar-refractivity contribution in [3.8, 4) is 0 Å². The van der Waals surface area contributed by atoms with E-state index in [2.05, 4.69) is 15.9 Å². The van der Waals surface area contributed by atoms with Crippen molar-refractivity contribution < 1.29 is 0 Å². The molecule has 6 heteroatoms. The maximum Gasteiger partial charge on any atom is 0.331 e. The van der Waals surface area contributed by atoms with Crippen molar-refractivity contribution >= 4 is 21.6 Å². The molecule has 2 aromatic rings. The Balaban J connectivity index is 2.50. The quantitative estimate of drug-likeness (QED) is 0.897. The highest BCUT2D eigenvalue weighted by Crippen LogP contribution is 2.10. The summed E-state index contributed by atoms with van der Waals surface area (Å²) in [5.41, 5.74) is 5.66. The fraction of sp³-hybridized carbons (Fsp3) is 0.167. The number of benzene rings is 1. The highest BCUT2D eigenvalue weighted by Gasteiger charge is 2.07. The van der Waals surface area contributed by atoms with Crippen LogP contribution in [0.3, 0.4) is 0 Å². The molecule has 0 aliphatic heterocycles. The zero-order chi connectivity index (χ0) is 13.3. The van der Waals surface area contributed by atoms with Gasteiger partial charge in [-0.2, -0.15) is 0 Å². The molecule has 0 amide bonds. The summed E-state index contributed by atoms with van der Waals surface area (Å²) in [5, 5.41) is 0. The Morgan fingerprint density at radius 3 is 2.44 bits per heavy atom. The molecule has 0 aliphatic rings. The summed E-state index contributed by atoms with van der Waals surface area (Å²) in [7, 11) is 1.57. The Bertz CT molecular complexity index is 652. The number of nitrogen functional groups attached to an aromatic ring is 1. The van der Waals surface area contributed by atoms with Crippen LogP contribution < -0.4 is 17.0 Å². The second-order valence-corrected chi connectivity index (χ2v) is 4.91. The van der Waals surface area contributed by atoms with Crippen LogP contribution in [0.25, 0.3) is 0 Å². The average Bonchev–Trinajstić information content (AvgIpc) is 2.34. The lowest BCUT2D eigenvalue weighted by Crippen LogP contribution is -2.39. The lowest BCUT2D eigenvalue weighted by atomic mass is 10.2. The molecule has 0 fully saturated rings. The third kappa shape index (κ3) is 2.38. The minimum absolute atomic E-state index is 0.0641. The lowest BCUT2D eigenvalue weighted by molar-refractivity contribution is 0.643. The predicted molar refractivity (Wildman–Crippen MR) is 73.6 cm³/mol. The van der Waals surface area contributed by atoms with Gasteiger partial charge < -0.3 is 10.3 Å². The van der Waals surface area contributed by atoms with Gasteiger partial charge in [-0.15, -0.1) is 0 Å². The van der Waals surface area contributed by atoms with Crippen molar-refractivity contribution in [2.75, 3.05) is 5.73 Å². The molecular formula is C12H12BrN3O2. The lowest BCUT2D eigenvalue weighted by Gasteiger charge is -2.08. The van der Waals surface area contributed by atoms with Gasteiger partial charge in [0.2, 0.25) is 0 Å². The Morgan fingerprint density at radius 1 is 1.22 bits per heavy atom. The number of halogens is 1. The standard InChI is InChI=1S/C12H12BrN3O2/c1-15-7-10(14)11(17)16(12(15)18)6-8-2-4-9(13)5-3-8/h2-5,7H,6,14H2,1H3. The van der Waals surface area contributed by atoms with Crippen LogP contribution in [0, 0.1) is 0 Å². The van der Waals surface area contributed by atoms with E-state index in [0.29, 0.717) is 0 Å². The monoisotopic (exact) mass is 309 g/mol. The molecule has 2 N–H and O–H groups in total. The van der Waals surface area contributed by atoms with Crippen molar-refractivity contribution in [1.29, 1.82) is 0 Å². The van der Waals surface area contributed by atoms with Gasteiger partial charge in [-0.1, -0.05) is 28.1 Å². The Morgan fingerprint density at radius 2 is 1.83 bits per heavy atom. The molecule has 0 unspecified atom stereocenters. The van der Waals surface area contributed by atoms with Gasteiger partial charge in [-0.05, 0) is 17.7 Å². The second-order valence-electron chi connectivity index (χ2n) is 4.00. The topological polar surface area (TPSA) is 70.0 Å². The number of hydrogen-bond acceptors (Lipinski definition) is 3. The number of hydrogen-bond donors (Lipinski definition) is 1. The van der Waals surface area contributed by atoms with E-state index in [1.807, 2.05) is 24.3 Å². The summed E-state index contributed by atoms with van der Waals surface area (Å²) in [4.78, 5) is 23.7. The third-order valence-corrected chi connectivity index (χ3v) is 3.14. The van der Waals surface area contributed by atoms with Gasteiger partial charge >= 0.3 is 5.69 Å². The highest BCUT2D eigenvalue weighted by atomic mass is 79.9. The van der Waals surface area contributed by atoms with E-state index in [4.69, 9.17) is 5.73 Å². The van der Waals surface area contributed by atoms with Crippen LogP contribution in [0.2, 0.25) is 0 Å². The van der Waals surface area contributed by atoms with Gasteiger partial charge in [-0.25, -0.2) is 4.79 Å². The van der Waals surface area contributed by atoms with Crippen LogP contribution in [0.1, 0.15) is 5.56 Å². The molecule has 5 nitrogen and oxygen atoms in total. The molecule has 0 saturated carbocycles. The first-order valence-corrected chi connectivity index (χ1v) is 6.08. The van der Waals surface area contributed by atoms with Crippen LogP contribution in [-0.2, 0) is 13.6 Å². The normalized spacial score (nSPS) is 10.6.